The van der Waals surface area contributed by atoms with E-state index in [1.54, 1.807) is 5.32 Å². The first kappa shape index (κ1) is 18.0. The molecule has 0 aliphatic carbocycles. The summed E-state index contributed by atoms with van der Waals surface area (Å²) in [7, 11) is 0. The van der Waals surface area contributed by atoms with Crippen molar-refractivity contribution in [2.75, 3.05) is 19.6 Å². The molecule has 1 saturated heterocycles. The second kappa shape index (κ2) is 7.99. The topological polar surface area (TPSA) is 49.4 Å². The van der Waals surface area contributed by atoms with E-state index in [0.29, 0.717) is 25.9 Å². The summed E-state index contributed by atoms with van der Waals surface area (Å²) in [6.45, 7) is -0.461. The van der Waals surface area contributed by atoms with Gasteiger partial charge in [-0.15, -0.1) is 0 Å². The Labute approximate surface area is 138 Å². The lowest BCUT2D eigenvalue weighted by Crippen LogP contribution is -2.41. The van der Waals surface area contributed by atoms with E-state index < -0.39 is 31.0 Å². The van der Waals surface area contributed by atoms with Crippen molar-refractivity contribution in [2.45, 2.75) is 25.4 Å². The van der Waals surface area contributed by atoms with Crippen molar-refractivity contribution in [3.05, 3.63) is 41.5 Å². The van der Waals surface area contributed by atoms with E-state index >= 15 is 0 Å². The van der Waals surface area contributed by atoms with Crippen LogP contribution < -0.4 is 5.32 Å². The molecule has 1 N–H and O–H groups in total. The Morgan fingerprint density at radius 2 is 1.75 bits per heavy atom. The lowest BCUT2D eigenvalue weighted by atomic mass is 10.0. The van der Waals surface area contributed by atoms with E-state index in [0.717, 1.165) is 5.56 Å². The Bertz CT molecular complexity index is 602. The monoisotopic (exact) mass is 340 g/mol. The van der Waals surface area contributed by atoms with Gasteiger partial charge in [0, 0.05) is 13.1 Å². The molecule has 0 aromatic heterocycles. The second-order valence-electron chi connectivity index (χ2n) is 5.66. The van der Waals surface area contributed by atoms with Crippen LogP contribution in [-0.4, -0.2) is 42.5 Å². The van der Waals surface area contributed by atoms with Crippen LogP contribution in [0.3, 0.4) is 0 Å². The average Bonchev–Trinajstić information content (AvgIpc) is 2.54. The summed E-state index contributed by atoms with van der Waals surface area (Å²) in [5.74, 6) is -1.34. The minimum absolute atomic E-state index is 0.437. The summed E-state index contributed by atoms with van der Waals surface area (Å²) >= 11 is 0. The number of carbonyl (C=O) groups excluding carboxylic acids is 2. The average molecular weight is 340 g/mol. The Kier molecular flexibility index (Phi) is 6.00. The lowest BCUT2D eigenvalue weighted by Gasteiger charge is -2.28. The third-order valence-corrected chi connectivity index (χ3v) is 3.73. The van der Waals surface area contributed by atoms with Crippen LogP contribution in [0.2, 0.25) is 0 Å². The Balaban J connectivity index is 1.78. The molecule has 0 bridgehead atoms. The quantitative estimate of drug-likeness (QED) is 0.857. The predicted octanol–water partition coefficient (Wildman–Crippen LogP) is 2.76. The SMILES string of the molecule is O=C(CC(=O)N1CCC(=Cc2ccccc2)CC1)NCC(F)(F)F. The van der Waals surface area contributed by atoms with Gasteiger partial charge in [0.1, 0.15) is 13.0 Å². The van der Waals surface area contributed by atoms with Gasteiger partial charge in [0.25, 0.3) is 0 Å². The molecule has 0 radical (unpaired) electrons. The zero-order valence-electron chi connectivity index (χ0n) is 13.1. The van der Waals surface area contributed by atoms with Crippen molar-refractivity contribution in [3.63, 3.8) is 0 Å². The van der Waals surface area contributed by atoms with Gasteiger partial charge in [-0.25, -0.2) is 0 Å². The Morgan fingerprint density at radius 3 is 2.33 bits per heavy atom. The van der Waals surface area contributed by atoms with Crippen LogP contribution in [0.5, 0.6) is 0 Å². The van der Waals surface area contributed by atoms with E-state index in [4.69, 9.17) is 0 Å². The molecule has 0 atom stereocenters. The summed E-state index contributed by atoms with van der Waals surface area (Å²) in [6.07, 6.45) is -1.54. The van der Waals surface area contributed by atoms with Gasteiger partial charge in [0.15, 0.2) is 0 Å². The van der Waals surface area contributed by atoms with Crippen molar-refractivity contribution in [3.8, 4) is 0 Å². The minimum Gasteiger partial charge on any atom is -0.347 e. The van der Waals surface area contributed by atoms with Crippen LogP contribution in [0.1, 0.15) is 24.8 Å². The van der Waals surface area contributed by atoms with E-state index in [2.05, 4.69) is 6.08 Å². The number of hydrogen-bond acceptors (Lipinski definition) is 2. The maximum absolute atomic E-state index is 12.0. The number of benzene rings is 1. The standard InChI is InChI=1S/C17H19F3N2O2/c18-17(19,20)12-21-15(23)11-16(24)22-8-6-14(7-9-22)10-13-4-2-1-3-5-13/h1-5,10H,6-9,11-12H2,(H,21,23). The van der Waals surface area contributed by atoms with Gasteiger partial charge >= 0.3 is 6.18 Å². The summed E-state index contributed by atoms with van der Waals surface area (Å²) in [6, 6.07) is 9.83. The predicted molar refractivity (Wildman–Crippen MR) is 83.9 cm³/mol. The molecule has 2 amide bonds. The van der Waals surface area contributed by atoms with Crippen molar-refractivity contribution in [1.82, 2.24) is 10.2 Å². The fourth-order valence-corrected chi connectivity index (χ4v) is 2.48. The molecule has 1 aliphatic rings. The molecule has 24 heavy (non-hydrogen) atoms. The molecule has 4 nitrogen and oxygen atoms in total. The molecule has 1 heterocycles. The highest BCUT2D eigenvalue weighted by atomic mass is 19.4. The number of likely N-dealkylation sites (tertiary alicyclic amines) is 1. The first-order chi connectivity index (χ1) is 11.3. The molecule has 1 aliphatic heterocycles. The smallest absolute Gasteiger partial charge is 0.347 e. The number of hydrogen-bond donors (Lipinski definition) is 1. The van der Waals surface area contributed by atoms with Crippen molar-refractivity contribution < 1.29 is 22.8 Å². The molecule has 1 aromatic rings. The Morgan fingerprint density at radius 1 is 1.12 bits per heavy atom. The largest absolute Gasteiger partial charge is 0.405 e. The van der Waals surface area contributed by atoms with Crippen molar-refractivity contribution in [1.29, 1.82) is 0 Å². The number of carbonyl (C=O) groups is 2. The summed E-state index contributed by atoms with van der Waals surface area (Å²) < 4.78 is 36.0. The zero-order valence-corrected chi connectivity index (χ0v) is 13.1. The lowest BCUT2D eigenvalue weighted by molar-refractivity contribution is -0.143. The van der Waals surface area contributed by atoms with Crippen LogP contribution in [-0.2, 0) is 9.59 Å². The van der Waals surface area contributed by atoms with Gasteiger partial charge in [-0.1, -0.05) is 42.0 Å². The summed E-state index contributed by atoms with van der Waals surface area (Å²) in [5.41, 5.74) is 2.31. The fourth-order valence-electron chi connectivity index (χ4n) is 2.48. The molecule has 0 spiro atoms. The van der Waals surface area contributed by atoms with Gasteiger partial charge < -0.3 is 10.2 Å². The molecule has 0 unspecified atom stereocenters. The van der Waals surface area contributed by atoms with Crippen molar-refractivity contribution in [2.24, 2.45) is 0 Å². The number of halogens is 3. The van der Waals surface area contributed by atoms with Crippen LogP contribution >= 0.6 is 0 Å². The highest BCUT2D eigenvalue weighted by Gasteiger charge is 2.28. The zero-order chi connectivity index (χ0) is 17.6. The normalized spacial score (nSPS) is 15.1. The molecule has 0 saturated carbocycles. The first-order valence-corrected chi connectivity index (χ1v) is 7.69. The molecule has 130 valence electrons. The third kappa shape index (κ3) is 6.06. The fraction of sp³-hybridized carbons (Fsp3) is 0.412. The number of nitrogens with zero attached hydrogens (tertiary/aromatic N) is 1. The van der Waals surface area contributed by atoms with E-state index in [9.17, 15) is 22.8 Å². The highest BCUT2D eigenvalue weighted by Crippen LogP contribution is 2.20. The first-order valence-electron chi connectivity index (χ1n) is 7.69. The van der Waals surface area contributed by atoms with E-state index in [1.165, 1.54) is 10.5 Å². The van der Waals surface area contributed by atoms with Gasteiger partial charge in [0.2, 0.25) is 11.8 Å². The molecular formula is C17H19F3N2O2. The molecule has 2 rings (SSSR count). The third-order valence-electron chi connectivity index (χ3n) is 3.73. The summed E-state index contributed by atoms with van der Waals surface area (Å²) in [5, 5.41) is 1.71. The van der Waals surface area contributed by atoms with Gasteiger partial charge in [0.05, 0.1) is 0 Å². The van der Waals surface area contributed by atoms with E-state index in [-0.39, 0.29) is 0 Å². The van der Waals surface area contributed by atoms with Crippen LogP contribution in [0.15, 0.2) is 35.9 Å². The number of piperidine rings is 1. The van der Waals surface area contributed by atoms with Gasteiger partial charge in [-0.3, -0.25) is 9.59 Å². The summed E-state index contributed by atoms with van der Waals surface area (Å²) in [4.78, 5) is 24.9. The van der Waals surface area contributed by atoms with Crippen molar-refractivity contribution >= 4 is 17.9 Å². The minimum atomic E-state index is -4.47. The highest BCUT2D eigenvalue weighted by molar-refractivity contribution is 5.97. The second-order valence-corrected chi connectivity index (χ2v) is 5.66. The Hall–Kier alpha value is -2.31. The maximum Gasteiger partial charge on any atom is 0.405 e. The van der Waals surface area contributed by atoms with E-state index in [1.807, 2.05) is 30.3 Å². The van der Waals surface area contributed by atoms with Crippen LogP contribution in [0.25, 0.3) is 6.08 Å². The molecule has 7 heteroatoms. The molecule has 1 aromatic carbocycles. The van der Waals surface area contributed by atoms with Crippen LogP contribution in [0, 0.1) is 0 Å². The van der Waals surface area contributed by atoms with Crippen LogP contribution in [0.4, 0.5) is 13.2 Å². The number of nitrogens with one attached hydrogen (secondary N) is 1. The molecular weight excluding hydrogens is 321 g/mol. The van der Waals surface area contributed by atoms with Gasteiger partial charge in [-0.2, -0.15) is 13.2 Å². The maximum atomic E-state index is 12.0. The van der Waals surface area contributed by atoms with Gasteiger partial charge in [-0.05, 0) is 18.4 Å². The number of rotatable bonds is 4. The number of alkyl halides is 3. The molecule has 1 fully saturated rings. The number of amides is 2.